The Balaban J connectivity index is 2.06. The van der Waals surface area contributed by atoms with Gasteiger partial charge in [0.15, 0.2) is 0 Å². The summed E-state index contributed by atoms with van der Waals surface area (Å²) in [6.07, 6.45) is 0. The van der Waals surface area contributed by atoms with Crippen molar-refractivity contribution in [2.75, 3.05) is 0 Å². The molecule has 2 N–H and O–H groups in total. The average molecular weight is 237 g/mol. The van der Waals surface area contributed by atoms with Gasteiger partial charge >= 0.3 is 0 Å². The molecule has 84 valence electrons. The van der Waals surface area contributed by atoms with E-state index in [-0.39, 0.29) is 5.82 Å². The largest absolute Gasteiger partial charge is 0.488 e. The lowest BCUT2D eigenvalue weighted by atomic mass is 10.2. The summed E-state index contributed by atoms with van der Waals surface area (Å²) in [4.78, 5) is 1.11. The SMILES string of the molecule is NCc1cc(F)cc(OCc2cccs2)c1. The van der Waals surface area contributed by atoms with Crippen LogP contribution in [0.2, 0.25) is 0 Å². The second-order valence-electron chi connectivity index (χ2n) is 3.37. The third kappa shape index (κ3) is 2.81. The van der Waals surface area contributed by atoms with Crippen LogP contribution in [-0.2, 0) is 13.2 Å². The Morgan fingerprint density at radius 2 is 2.19 bits per heavy atom. The Bertz CT molecular complexity index is 456. The first-order valence-electron chi connectivity index (χ1n) is 4.92. The summed E-state index contributed by atoms with van der Waals surface area (Å²) in [5, 5.41) is 1.98. The minimum Gasteiger partial charge on any atom is -0.488 e. The summed E-state index contributed by atoms with van der Waals surface area (Å²) in [6, 6.07) is 8.48. The molecule has 0 aliphatic rings. The topological polar surface area (TPSA) is 35.2 Å². The van der Waals surface area contributed by atoms with Crippen molar-refractivity contribution < 1.29 is 9.13 Å². The summed E-state index contributed by atoms with van der Waals surface area (Å²) in [5.74, 6) is 0.206. The van der Waals surface area contributed by atoms with E-state index >= 15 is 0 Å². The number of benzene rings is 1. The van der Waals surface area contributed by atoms with Gasteiger partial charge < -0.3 is 10.5 Å². The maximum atomic E-state index is 13.1. The number of ether oxygens (including phenoxy) is 1. The van der Waals surface area contributed by atoms with Crippen molar-refractivity contribution in [2.45, 2.75) is 13.2 Å². The zero-order valence-corrected chi connectivity index (χ0v) is 9.47. The van der Waals surface area contributed by atoms with E-state index in [0.29, 0.717) is 18.9 Å². The Hall–Kier alpha value is -1.39. The maximum absolute atomic E-state index is 13.1. The highest BCUT2D eigenvalue weighted by atomic mass is 32.1. The van der Waals surface area contributed by atoms with E-state index in [1.165, 1.54) is 12.1 Å². The van der Waals surface area contributed by atoms with Gasteiger partial charge in [-0.05, 0) is 29.1 Å². The summed E-state index contributed by atoms with van der Waals surface area (Å²) >= 11 is 1.61. The van der Waals surface area contributed by atoms with Gasteiger partial charge in [0.1, 0.15) is 18.2 Å². The Labute approximate surface area is 97.5 Å². The number of halogens is 1. The van der Waals surface area contributed by atoms with Gasteiger partial charge in [-0.15, -0.1) is 11.3 Å². The van der Waals surface area contributed by atoms with Crippen LogP contribution < -0.4 is 10.5 Å². The van der Waals surface area contributed by atoms with Crippen LogP contribution in [0.4, 0.5) is 4.39 Å². The summed E-state index contributed by atoms with van der Waals surface area (Å²) in [6.45, 7) is 0.776. The van der Waals surface area contributed by atoms with Crippen LogP contribution in [0, 0.1) is 5.82 Å². The number of hydrogen-bond donors (Lipinski definition) is 1. The van der Waals surface area contributed by atoms with Gasteiger partial charge in [0.2, 0.25) is 0 Å². The van der Waals surface area contributed by atoms with E-state index in [2.05, 4.69) is 0 Å². The molecule has 0 bridgehead atoms. The molecule has 0 saturated carbocycles. The average Bonchev–Trinajstić information content (AvgIpc) is 2.78. The lowest BCUT2D eigenvalue weighted by Crippen LogP contribution is -1.99. The second-order valence-corrected chi connectivity index (χ2v) is 4.40. The van der Waals surface area contributed by atoms with Gasteiger partial charge in [-0.3, -0.25) is 0 Å². The fourth-order valence-corrected chi connectivity index (χ4v) is 1.99. The van der Waals surface area contributed by atoms with Gasteiger partial charge in [-0.25, -0.2) is 4.39 Å². The molecule has 0 aliphatic carbocycles. The predicted octanol–water partition coefficient (Wildman–Crippen LogP) is 2.92. The minimum atomic E-state index is -0.316. The van der Waals surface area contributed by atoms with Crippen LogP contribution in [-0.4, -0.2) is 0 Å². The standard InChI is InChI=1S/C12H12FNOS/c13-10-4-9(7-14)5-11(6-10)15-8-12-2-1-3-16-12/h1-6H,7-8,14H2. The Morgan fingerprint density at radius 1 is 1.31 bits per heavy atom. The fourth-order valence-electron chi connectivity index (χ4n) is 1.37. The molecule has 0 aliphatic heterocycles. The van der Waals surface area contributed by atoms with E-state index in [9.17, 15) is 4.39 Å². The number of hydrogen-bond acceptors (Lipinski definition) is 3. The fraction of sp³-hybridized carbons (Fsp3) is 0.167. The Kier molecular flexibility index (Phi) is 3.54. The smallest absolute Gasteiger partial charge is 0.127 e. The molecule has 4 heteroatoms. The molecule has 2 rings (SSSR count). The second kappa shape index (κ2) is 5.09. The van der Waals surface area contributed by atoms with Gasteiger partial charge in [-0.2, -0.15) is 0 Å². The van der Waals surface area contributed by atoms with Crippen molar-refractivity contribution in [3.8, 4) is 5.75 Å². The summed E-state index contributed by atoms with van der Waals surface area (Å²) in [7, 11) is 0. The molecule has 16 heavy (non-hydrogen) atoms. The van der Waals surface area contributed by atoms with Crippen molar-refractivity contribution in [1.82, 2.24) is 0 Å². The van der Waals surface area contributed by atoms with E-state index in [4.69, 9.17) is 10.5 Å². The number of nitrogens with two attached hydrogens (primary N) is 1. The van der Waals surface area contributed by atoms with Crippen LogP contribution in [0.3, 0.4) is 0 Å². The van der Waals surface area contributed by atoms with Crippen molar-refractivity contribution in [3.05, 3.63) is 52.0 Å². The zero-order chi connectivity index (χ0) is 11.4. The molecule has 2 aromatic rings. The summed E-state index contributed by atoms with van der Waals surface area (Å²) in [5.41, 5.74) is 6.20. The molecule has 0 unspecified atom stereocenters. The predicted molar refractivity (Wildman–Crippen MR) is 62.9 cm³/mol. The van der Waals surface area contributed by atoms with Crippen LogP contribution in [0.1, 0.15) is 10.4 Å². The highest BCUT2D eigenvalue weighted by Crippen LogP contribution is 2.18. The third-order valence-electron chi connectivity index (χ3n) is 2.13. The van der Waals surface area contributed by atoms with Gasteiger partial charge in [0.25, 0.3) is 0 Å². The van der Waals surface area contributed by atoms with E-state index in [1.54, 1.807) is 17.4 Å². The van der Waals surface area contributed by atoms with Gasteiger partial charge in [0, 0.05) is 17.5 Å². The lowest BCUT2D eigenvalue weighted by Gasteiger charge is -2.06. The lowest BCUT2D eigenvalue weighted by molar-refractivity contribution is 0.308. The first-order valence-corrected chi connectivity index (χ1v) is 5.80. The molecular weight excluding hydrogens is 225 g/mol. The molecule has 1 heterocycles. The highest BCUT2D eigenvalue weighted by Gasteiger charge is 2.01. The molecular formula is C12H12FNOS. The quantitative estimate of drug-likeness (QED) is 0.887. The highest BCUT2D eigenvalue weighted by molar-refractivity contribution is 7.09. The van der Waals surface area contributed by atoms with Gasteiger partial charge in [-0.1, -0.05) is 6.07 Å². The van der Waals surface area contributed by atoms with Crippen LogP contribution >= 0.6 is 11.3 Å². The molecule has 0 fully saturated rings. The molecule has 0 saturated heterocycles. The normalized spacial score (nSPS) is 10.4. The number of rotatable bonds is 4. The van der Waals surface area contributed by atoms with Crippen molar-refractivity contribution in [2.24, 2.45) is 5.73 Å². The molecule has 2 nitrogen and oxygen atoms in total. The maximum Gasteiger partial charge on any atom is 0.127 e. The number of thiophene rings is 1. The van der Waals surface area contributed by atoms with Crippen molar-refractivity contribution in [1.29, 1.82) is 0 Å². The van der Waals surface area contributed by atoms with Crippen molar-refractivity contribution >= 4 is 11.3 Å². The van der Waals surface area contributed by atoms with E-state index in [1.807, 2.05) is 17.5 Å². The molecule has 0 amide bonds. The van der Waals surface area contributed by atoms with Crippen LogP contribution in [0.25, 0.3) is 0 Å². The first-order chi connectivity index (χ1) is 7.78. The molecule has 0 atom stereocenters. The van der Waals surface area contributed by atoms with E-state index in [0.717, 1.165) is 10.4 Å². The molecule has 1 aromatic carbocycles. The summed E-state index contributed by atoms with van der Waals surface area (Å²) < 4.78 is 18.6. The Morgan fingerprint density at radius 3 is 2.88 bits per heavy atom. The first kappa shape index (κ1) is 11.1. The monoisotopic (exact) mass is 237 g/mol. The van der Waals surface area contributed by atoms with Crippen molar-refractivity contribution in [3.63, 3.8) is 0 Å². The molecule has 0 spiro atoms. The minimum absolute atomic E-state index is 0.313. The molecule has 0 radical (unpaired) electrons. The van der Waals surface area contributed by atoms with Crippen LogP contribution in [0.5, 0.6) is 5.75 Å². The van der Waals surface area contributed by atoms with Crippen LogP contribution in [0.15, 0.2) is 35.7 Å². The van der Waals surface area contributed by atoms with E-state index < -0.39 is 0 Å². The van der Waals surface area contributed by atoms with Gasteiger partial charge in [0.05, 0.1) is 0 Å². The molecule has 1 aromatic heterocycles. The zero-order valence-electron chi connectivity index (χ0n) is 8.65. The third-order valence-corrected chi connectivity index (χ3v) is 2.98.